The summed E-state index contributed by atoms with van der Waals surface area (Å²) in [5, 5.41) is 9.02. The summed E-state index contributed by atoms with van der Waals surface area (Å²) in [6, 6.07) is 1.83. The van der Waals surface area contributed by atoms with Crippen LogP contribution in [-0.2, 0) is 19.1 Å². The van der Waals surface area contributed by atoms with Crippen LogP contribution in [0.25, 0.3) is 0 Å². The normalized spacial score (nSPS) is 16.9. The molecule has 24 heavy (non-hydrogen) atoms. The van der Waals surface area contributed by atoms with Gasteiger partial charge in [0.15, 0.2) is 5.92 Å². The molecule has 1 fully saturated rings. The Kier molecular flexibility index (Phi) is 7.20. The molecule has 1 saturated heterocycles. The first-order chi connectivity index (χ1) is 11.2. The van der Waals surface area contributed by atoms with E-state index in [1.165, 1.54) is 0 Å². The number of nitrogens with zero attached hydrogens (tertiary/aromatic N) is 2. The van der Waals surface area contributed by atoms with Crippen LogP contribution in [0.4, 0.5) is 4.79 Å². The number of nitriles is 1. The van der Waals surface area contributed by atoms with E-state index in [1.807, 2.05) is 6.07 Å². The highest BCUT2D eigenvalue weighted by molar-refractivity contribution is 5.87. The van der Waals surface area contributed by atoms with Crippen molar-refractivity contribution in [3.63, 3.8) is 0 Å². The number of Topliss-reactive ketones (excluding diaryl/α,β-unsaturated/α-hetero) is 1. The van der Waals surface area contributed by atoms with Crippen LogP contribution in [0.15, 0.2) is 0 Å². The number of likely N-dealkylation sites (tertiary alicyclic amines) is 1. The second-order valence-electron chi connectivity index (χ2n) is 6.85. The Morgan fingerprint density at radius 1 is 1.25 bits per heavy atom. The minimum Gasteiger partial charge on any atom is -0.465 e. The molecule has 0 aliphatic carbocycles. The van der Waals surface area contributed by atoms with Gasteiger partial charge in [0.25, 0.3) is 0 Å². The number of hydrogen-bond acceptors (Lipinski definition) is 6. The van der Waals surface area contributed by atoms with Crippen LogP contribution in [0.5, 0.6) is 0 Å². The lowest BCUT2D eigenvalue weighted by Gasteiger charge is -2.33. The highest BCUT2D eigenvalue weighted by Gasteiger charge is 2.32. The lowest BCUT2D eigenvalue weighted by Crippen LogP contribution is -2.43. The molecule has 0 N–H and O–H groups in total. The van der Waals surface area contributed by atoms with E-state index in [0.29, 0.717) is 25.9 Å². The van der Waals surface area contributed by atoms with Gasteiger partial charge in [0, 0.05) is 25.4 Å². The summed E-state index contributed by atoms with van der Waals surface area (Å²) in [5.41, 5.74) is -0.552. The Morgan fingerprint density at radius 3 is 2.29 bits per heavy atom. The smallest absolute Gasteiger partial charge is 0.410 e. The van der Waals surface area contributed by atoms with E-state index in [4.69, 9.17) is 14.7 Å². The van der Waals surface area contributed by atoms with Gasteiger partial charge in [-0.15, -0.1) is 0 Å². The number of carbonyl (C=O) groups excluding carboxylic acids is 3. The molecular weight excluding hydrogens is 312 g/mol. The van der Waals surface area contributed by atoms with E-state index in [-0.39, 0.29) is 30.8 Å². The molecule has 0 radical (unpaired) electrons. The number of carbonyl (C=O) groups is 3. The van der Waals surface area contributed by atoms with Crippen molar-refractivity contribution in [2.75, 3.05) is 19.7 Å². The van der Waals surface area contributed by atoms with Gasteiger partial charge >= 0.3 is 12.1 Å². The van der Waals surface area contributed by atoms with E-state index in [2.05, 4.69) is 0 Å². The quantitative estimate of drug-likeness (QED) is 0.714. The molecule has 1 heterocycles. The zero-order valence-corrected chi connectivity index (χ0v) is 14.8. The number of piperidine rings is 1. The molecule has 1 amide bonds. The first-order valence-corrected chi connectivity index (χ1v) is 8.24. The number of esters is 1. The predicted molar refractivity (Wildman–Crippen MR) is 85.9 cm³/mol. The van der Waals surface area contributed by atoms with Crippen LogP contribution in [0.1, 0.15) is 47.0 Å². The maximum Gasteiger partial charge on any atom is 0.410 e. The highest BCUT2D eigenvalue weighted by atomic mass is 16.6. The van der Waals surface area contributed by atoms with Crippen LogP contribution in [0, 0.1) is 23.2 Å². The van der Waals surface area contributed by atoms with E-state index >= 15 is 0 Å². The lowest BCUT2D eigenvalue weighted by molar-refractivity contribution is -0.147. The van der Waals surface area contributed by atoms with Gasteiger partial charge in [-0.05, 0) is 40.5 Å². The van der Waals surface area contributed by atoms with E-state index in [1.54, 1.807) is 32.6 Å². The van der Waals surface area contributed by atoms with Crippen molar-refractivity contribution in [2.24, 2.45) is 11.8 Å². The highest BCUT2D eigenvalue weighted by Crippen LogP contribution is 2.23. The van der Waals surface area contributed by atoms with Crippen molar-refractivity contribution in [1.82, 2.24) is 4.90 Å². The molecule has 0 aromatic carbocycles. The number of amides is 1. The molecule has 134 valence electrons. The summed E-state index contributed by atoms with van der Waals surface area (Å²) in [4.78, 5) is 37.5. The van der Waals surface area contributed by atoms with Crippen LogP contribution in [0.3, 0.4) is 0 Å². The standard InChI is InChI=1S/C17H26N2O5/c1-5-23-15(21)13(11-18)10-14(20)12-6-8-19(9-7-12)16(22)24-17(2,3)4/h12-13H,5-10H2,1-4H3. The third-order valence-electron chi connectivity index (χ3n) is 3.73. The van der Waals surface area contributed by atoms with Gasteiger partial charge in [0.2, 0.25) is 0 Å². The van der Waals surface area contributed by atoms with Gasteiger partial charge in [-0.1, -0.05) is 0 Å². The number of ketones is 1. The Balaban J connectivity index is 2.49. The van der Waals surface area contributed by atoms with Crippen LogP contribution < -0.4 is 0 Å². The Bertz CT molecular complexity index is 510. The molecule has 7 heteroatoms. The third-order valence-corrected chi connectivity index (χ3v) is 3.73. The minimum absolute atomic E-state index is 0.126. The summed E-state index contributed by atoms with van der Waals surface area (Å²) < 4.78 is 10.1. The van der Waals surface area contributed by atoms with Gasteiger partial charge in [-0.25, -0.2) is 4.79 Å². The molecule has 0 aromatic heterocycles. The first-order valence-electron chi connectivity index (χ1n) is 8.24. The minimum atomic E-state index is -1.05. The first kappa shape index (κ1) is 19.9. The Hall–Kier alpha value is -2.10. The molecule has 0 saturated carbocycles. The number of rotatable bonds is 5. The number of ether oxygens (including phenoxy) is 2. The summed E-state index contributed by atoms with van der Waals surface area (Å²) in [5.74, 6) is -2.08. The van der Waals surface area contributed by atoms with E-state index < -0.39 is 17.5 Å². The fourth-order valence-electron chi connectivity index (χ4n) is 2.50. The Morgan fingerprint density at radius 2 is 1.83 bits per heavy atom. The fraction of sp³-hybridized carbons (Fsp3) is 0.765. The summed E-state index contributed by atoms with van der Waals surface area (Å²) in [6.07, 6.45) is 0.514. The molecule has 7 nitrogen and oxygen atoms in total. The Labute approximate surface area is 142 Å². The van der Waals surface area contributed by atoms with Crippen molar-refractivity contribution in [3.05, 3.63) is 0 Å². The second kappa shape index (κ2) is 8.67. The molecule has 1 atom stereocenters. The molecule has 0 aromatic rings. The molecular formula is C17H26N2O5. The number of hydrogen-bond donors (Lipinski definition) is 0. The van der Waals surface area contributed by atoms with Gasteiger partial charge in [-0.3, -0.25) is 9.59 Å². The average Bonchev–Trinajstić information content (AvgIpc) is 2.51. The average molecular weight is 338 g/mol. The fourth-order valence-corrected chi connectivity index (χ4v) is 2.50. The van der Waals surface area contributed by atoms with Crippen molar-refractivity contribution >= 4 is 17.8 Å². The van der Waals surface area contributed by atoms with Crippen molar-refractivity contribution in [1.29, 1.82) is 5.26 Å². The van der Waals surface area contributed by atoms with Crippen LogP contribution in [-0.4, -0.2) is 48.0 Å². The molecule has 1 aliphatic heterocycles. The zero-order chi connectivity index (χ0) is 18.3. The molecule has 1 rings (SSSR count). The molecule has 1 aliphatic rings. The van der Waals surface area contributed by atoms with E-state index in [0.717, 1.165) is 0 Å². The molecule has 0 bridgehead atoms. The van der Waals surface area contributed by atoms with Gasteiger partial charge in [-0.2, -0.15) is 5.26 Å². The maximum atomic E-state index is 12.3. The molecule has 0 spiro atoms. The third kappa shape index (κ3) is 6.19. The van der Waals surface area contributed by atoms with Gasteiger partial charge in [0.1, 0.15) is 11.4 Å². The predicted octanol–water partition coefficient (Wildman–Crippen LogP) is 2.30. The largest absolute Gasteiger partial charge is 0.465 e. The van der Waals surface area contributed by atoms with Gasteiger partial charge < -0.3 is 14.4 Å². The van der Waals surface area contributed by atoms with Crippen molar-refractivity contribution in [2.45, 2.75) is 52.6 Å². The van der Waals surface area contributed by atoms with Crippen LogP contribution in [0.2, 0.25) is 0 Å². The summed E-state index contributed by atoms with van der Waals surface area (Å²) in [7, 11) is 0. The second-order valence-corrected chi connectivity index (χ2v) is 6.85. The monoisotopic (exact) mass is 338 g/mol. The zero-order valence-electron chi connectivity index (χ0n) is 14.8. The topological polar surface area (TPSA) is 96.7 Å². The summed E-state index contributed by atoms with van der Waals surface area (Å²) >= 11 is 0. The SMILES string of the molecule is CCOC(=O)C(C#N)CC(=O)C1CCN(C(=O)OC(C)(C)C)CC1. The molecule has 1 unspecified atom stereocenters. The van der Waals surface area contributed by atoms with Crippen molar-refractivity contribution < 1.29 is 23.9 Å². The van der Waals surface area contributed by atoms with Crippen molar-refractivity contribution in [3.8, 4) is 6.07 Å². The maximum absolute atomic E-state index is 12.3. The van der Waals surface area contributed by atoms with E-state index in [9.17, 15) is 14.4 Å². The lowest BCUT2D eigenvalue weighted by atomic mass is 9.88. The van der Waals surface area contributed by atoms with Crippen LogP contribution >= 0.6 is 0 Å². The van der Waals surface area contributed by atoms with Gasteiger partial charge in [0.05, 0.1) is 12.7 Å². The summed E-state index contributed by atoms with van der Waals surface area (Å²) in [6.45, 7) is 8.11.